The highest BCUT2D eigenvalue weighted by Crippen LogP contribution is 2.23. The summed E-state index contributed by atoms with van der Waals surface area (Å²) in [6, 6.07) is 20.9. The summed E-state index contributed by atoms with van der Waals surface area (Å²) in [5, 5.41) is 12.3. The molecule has 0 aliphatic rings. The maximum absolute atomic E-state index is 12.7. The fraction of sp³-hybridized carbons (Fsp3) is 0.150. The molecular weight excluding hydrogens is 350 g/mol. The number of carbonyl (C=O) groups excluding carboxylic acids is 1. The van der Waals surface area contributed by atoms with Gasteiger partial charge in [-0.15, -0.1) is 0 Å². The van der Waals surface area contributed by atoms with E-state index in [0.717, 1.165) is 10.8 Å². The van der Waals surface area contributed by atoms with Gasteiger partial charge in [-0.2, -0.15) is 0 Å². The van der Waals surface area contributed by atoms with Crippen molar-refractivity contribution < 1.29 is 18.4 Å². The van der Waals surface area contributed by atoms with Gasteiger partial charge in [0.25, 0.3) is 0 Å². The third-order valence-electron chi connectivity index (χ3n) is 4.22. The normalized spacial score (nSPS) is 12.7. The molecule has 134 valence electrons. The van der Waals surface area contributed by atoms with Crippen LogP contribution in [0.1, 0.15) is 17.2 Å². The van der Waals surface area contributed by atoms with Gasteiger partial charge in [0.1, 0.15) is 0 Å². The van der Waals surface area contributed by atoms with Crippen molar-refractivity contribution >= 4 is 27.0 Å². The molecule has 0 aliphatic heterocycles. The van der Waals surface area contributed by atoms with E-state index in [4.69, 9.17) is 0 Å². The lowest BCUT2D eigenvalue weighted by Crippen LogP contribution is -2.30. The van der Waals surface area contributed by atoms with Gasteiger partial charge < -0.3 is 0 Å². The molecule has 0 saturated carbocycles. The number of carbonyl (C=O) groups is 1. The molecule has 0 fully saturated rings. The molecule has 0 saturated heterocycles. The third kappa shape index (κ3) is 4.28. The molecule has 1 N–H and O–H groups in total. The molecule has 26 heavy (non-hydrogen) atoms. The lowest BCUT2D eigenvalue weighted by Gasteiger charge is -2.22. The third-order valence-corrected chi connectivity index (χ3v) is 5.82. The number of fused-ring (bicyclic) bond motifs is 1. The van der Waals surface area contributed by atoms with E-state index in [1.165, 1.54) is 0 Å². The van der Waals surface area contributed by atoms with Crippen molar-refractivity contribution in [3.63, 3.8) is 0 Å². The Hall–Kier alpha value is -2.70. The van der Waals surface area contributed by atoms with Crippen LogP contribution in [0.3, 0.4) is 0 Å². The van der Waals surface area contributed by atoms with E-state index in [-0.39, 0.29) is 17.9 Å². The van der Waals surface area contributed by atoms with Crippen LogP contribution < -0.4 is 0 Å². The fourth-order valence-corrected chi connectivity index (χ4v) is 4.59. The van der Waals surface area contributed by atoms with Gasteiger partial charge in [-0.1, -0.05) is 72.8 Å². The van der Waals surface area contributed by atoms with Gasteiger partial charge in [0, 0.05) is 0 Å². The van der Waals surface area contributed by atoms with Crippen LogP contribution in [0, 0.1) is 0 Å². The quantitative estimate of drug-likeness (QED) is 0.394. The Bertz CT molecular complexity index is 1000. The first-order valence-corrected chi connectivity index (χ1v) is 9.96. The lowest BCUT2D eigenvalue weighted by molar-refractivity contribution is -0.158. The minimum absolute atomic E-state index is 0.159. The Kier molecular flexibility index (Phi) is 5.35. The Morgan fingerprint density at radius 3 is 2.27 bits per heavy atom. The number of sulfone groups is 1. The molecule has 3 aromatic rings. The molecule has 0 aromatic heterocycles. The SMILES string of the molecule is O=CN(O)[C@H](CS(=O)(=O)Cc1ccc2ccccc2c1)c1ccccc1. The average molecular weight is 369 g/mol. The van der Waals surface area contributed by atoms with Gasteiger partial charge in [0.15, 0.2) is 9.84 Å². The average Bonchev–Trinajstić information content (AvgIpc) is 2.66. The second-order valence-electron chi connectivity index (χ2n) is 6.15. The maximum Gasteiger partial charge on any atom is 0.233 e. The minimum atomic E-state index is -3.57. The van der Waals surface area contributed by atoms with E-state index in [0.29, 0.717) is 16.2 Å². The predicted molar refractivity (Wildman–Crippen MR) is 100 cm³/mol. The zero-order chi connectivity index (χ0) is 18.6. The maximum atomic E-state index is 12.7. The molecule has 1 amide bonds. The van der Waals surface area contributed by atoms with Gasteiger partial charge in [0.05, 0.1) is 17.5 Å². The molecule has 6 heteroatoms. The second-order valence-corrected chi connectivity index (χ2v) is 8.26. The zero-order valence-electron chi connectivity index (χ0n) is 14.0. The van der Waals surface area contributed by atoms with E-state index >= 15 is 0 Å². The van der Waals surface area contributed by atoms with Crippen molar-refractivity contribution in [2.75, 3.05) is 5.75 Å². The van der Waals surface area contributed by atoms with Crippen molar-refractivity contribution in [3.8, 4) is 0 Å². The van der Waals surface area contributed by atoms with E-state index in [1.807, 2.05) is 36.4 Å². The molecule has 3 rings (SSSR count). The first-order chi connectivity index (χ1) is 12.5. The molecule has 0 aliphatic carbocycles. The molecular formula is C20H19NO4S. The summed E-state index contributed by atoms with van der Waals surface area (Å²) in [6.45, 7) is 0. The molecule has 1 atom stereocenters. The van der Waals surface area contributed by atoms with E-state index in [1.54, 1.807) is 36.4 Å². The van der Waals surface area contributed by atoms with Gasteiger partial charge in [0.2, 0.25) is 6.41 Å². The van der Waals surface area contributed by atoms with Crippen LogP contribution in [0.5, 0.6) is 0 Å². The summed E-state index contributed by atoms with van der Waals surface area (Å²) in [5.41, 5.74) is 1.23. The van der Waals surface area contributed by atoms with E-state index < -0.39 is 15.9 Å². The summed E-state index contributed by atoms with van der Waals surface area (Å²) >= 11 is 0. The zero-order valence-corrected chi connectivity index (χ0v) is 14.8. The van der Waals surface area contributed by atoms with Crippen LogP contribution in [0.15, 0.2) is 72.8 Å². The number of hydrogen-bond acceptors (Lipinski definition) is 4. The predicted octanol–water partition coefficient (Wildman–Crippen LogP) is 3.34. The summed E-state index contributed by atoms with van der Waals surface area (Å²) < 4.78 is 25.4. The molecule has 0 heterocycles. The van der Waals surface area contributed by atoms with Gasteiger partial charge in [-0.05, 0) is 21.9 Å². The standard InChI is InChI=1S/C20H19NO4S/c22-15-21(23)20(18-7-2-1-3-8-18)14-26(24,25)13-16-10-11-17-6-4-5-9-19(17)12-16/h1-12,15,20,23H,13-14H2/t20-/m1/s1. The largest absolute Gasteiger partial charge is 0.285 e. The first-order valence-electron chi connectivity index (χ1n) is 8.14. The lowest BCUT2D eigenvalue weighted by atomic mass is 10.1. The van der Waals surface area contributed by atoms with Gasteiger partial charge >= 0.3 is 0 Å². The van der Waals surface area contributed by atoms with Gasteiger partial charge in [-0.25, -0.2) is 13.5 Å². The van der Waals surface area contributed by atoms with Crippen LogP contribution in [-0.2, 0) is 20.4 Å². The number of rotatable bonds is 7. The van der Waals surface area contributed by atoms with Crippen molar-refractivity contribution in [2.45, 2.75) is 11.8 Å². The van der Waals surface area contributed by atoms with Crippen LogP contribution >= 0.6 is 0 Å². The van der Waals surface area contributed by atoms with E-state index in [9.17, 15) is 18.4 Å². The van der Waals surface area contributed by atoms with Gasteiger partial charge in [-0.3, -0.25) is 10.0 Å². The summed E-state index contributed by atoms with van der Waals surface area (Å²) in [6.07, 6.45) is 0.225. The number of amides is 1. The molecule has 0 bridgehead atoms. The van der Waals surface area contributed by atoms with Crippen LogP contribution in [0.4, 0.5) is 0 Å². The highest BCUT2D eigenvalue weighted by atomic mass is 32.2. The highest BCUT2D eigenvalue weighted by Gasteiger charge is 2.25. The Morgan fingerprint density at radius 2 is 1.58 bits per heavy atom. The van der Waals surface area contributed by atoms with Crippen LogP contribution in [0.25, 0.3) is 10.8 Å². The van der Waals surface area contributed by atoms with E-state index in [2.05, 4.69) is 0 Å². The molecule has 0 unspecified atom stereocenters. The fourth-order valence-electron chi connectivity index (χ4n) is 2.96. The molecule has 0 radical (unpaired) electrons. The summed E-state index contributed by atoms with van der Waals surface area (Å²) in [7, 11) is -3.57. The van der Waals surface area contributed by atoms with Crippen molar-refractivity contribution in [1.82, 2.24) is 5.06 Å². The number of hydrogen-bond donors (Lipinski definition) is 1. The number of hydroxylamine groups is 2. The molecule has 3 aromatic carbocycles. The Morgan fingerprint density at radius 1 is 0.923 bits per heavy atom. The monoisotopic (exact) mass is 369 g/mol. The number of nitrogens with zero attached hydrogens (tertiary/aromatic N) is 1. The summed E-state index contributed by atoms with van der Waals surface area (Å²) in [4.78, 5) is 11.0. The smallest absolute Gasteiger partial charge is 0.233 e. The summed E-state index contributed by atoms with van der Waals surface area (Å²) in [5.74, 6) is -0.521. The molecule has 0 spiro atoms. The second kappa shape index (κ2) is 7.68. The minimum Gasteiger partial charge on any atom is -0.285 e. The van der Waals surface area contributed by atoms with Crippen molar-refractivity contribution in [3.05, 3.63) is 83.9 Å². The van der Waals surface area contributed by atoms with Crippen molar-refractivity contribution in [2.24, 2.45) is 0 Å². The number of benzene rings is 3. The topological polar surface area (TPSA) is 74.7 Å². The molecule has 5 nitrogen and oxygen atoms in total. The Balaban J connectivity index is 1.84. The van der Waals surface area contributed by atoms with Crippen LogP contribution in [-0.4, -0.2) is 30.9 Å². The van der Waals surface area contributed by atoms with Crippen LogP contribution in [0.2, 0.25) is 0 Å². The van der Waals surface area contributed by atoms with Crippen molar-refractivity contribution in [1.29, 1.82) is 0 Å². The Labute approximate surface area is 152 Å². The first kappa shape index (κ1) is 18.1. The highest BCUT2D eigenvalue weighted by molar-refractivity contribution is 7.90.